The third-order valence-electron chi connectivity index (χ3n) is 3.83. The van der Waals surface area contributed by atoms with Gasteiger partial charge >= 0.3 is 5.97 Å². The molecule has 0 bridgehead atoms. The number of esters is 1. The van der Waals surface area contributed by atoms with Crippen LogP contribution >= 0.6 is 23.2 Å². The van der Waals surface area contributed by atoms with E-state index in [2.05, 4.69) is 5.32 Å². The summed E-state index contributed by atoms with van der Waals surface area (Å²) < 4.78 is 10.4. The molecule has 0 aliphatic heterocycles. The van der Waals surface area contributed by atoms with Gasteiger partial charge in [-0.25, -0.2) is 4.79 Å². The number of hydrogen-bond donors (Lipinski definition) is 1. The molecule has 3 rings (SSSR count). The van der Waals surface area contributed by atoms with Crippen LogP contribution in [0.15, 0.2) is 65.1 Å². The standard InChI is InChI=1S/C21H15Cl2NO4/c1-27-21(26)14-5-2-3-8-17(14)24-19(25)12-10-13-9-11-18(28-13)15-6-4-7-16(22)20(15)23/h2-12H,1H3,(H,24,25). The number of ether oxygens (including phenoxy) is 1. The maximum atomic E-state index is 12.2. The number of anilines is 1. The highest BCUT2D eigenvalue weighted by Crippen LogP contribution is 2.34. The number of halogens is 2. The van der Waals surface area contributed by atoms with Gasteiger partial charge in [0.1, 0.15) is 11.5 Å². The highest BCUT2D eigenvalue weighted by Gasteiger charge is 2.13. The molecule has 142 valence electrons. The minimum absolute atomic E-state index is 0.266. The number of methoxy groups -OCH3 is 1. The van der Waals surface area contributed by atoms with Crippen molar-refractivity contribution in [2.24, 2.45) is 0 Å². The van der Waals surface area contributed by atoms with Crippen LogP contribution in [-0.2, 0) is 9.53 Å². The molecule has 0 unspecified atom stereocenters. The topological polar surface area (TPSA) is 68.5 Å². The summed E-state index contributed by atoms with van der Waals surface area (Å²) >= 11 is 12.2. The molecule has 0 fully saturated rings. The second kappa shape index (κ2) is 8.78. The maximum absolute atomic E-state index is 12.2. The molecule has 2 aromatic carbocycles. The van der Waals surface area contributed by atoms with Crippen molar-refractivity contribution in [3.63, 3.8) is 0 Å². The van der Waals surface area contributed by atoms with E-state index in [1.54, 1.807) is 54.6 Å². The van der Waals surface area contributed by atoms with Gasteiger partial charge in [0.15, 0.2) is 0 Å². The van der Waals surface area contributed by atoms with E-state index in [-0.39, 0.29) is 5.56 Å². The Morgan fingerprint density at radius 1 is 1.04 bits per heavy atom. The molecule has 1 N–H and O–H groups in total. The maximum Gasteiger partial charge on any atom is 0.339 e. The Hall–Kier alpha value is -3.02. The molecule has 0 saturated carbocycles. The summed E-state index contributed by atoms with van der Waals surface area (Å²) in [6.45, 7) is 0. The first kappa shape index (κ1) is 19.7. The molecule has 0 aliphatic rings. The van der Waals surface area contributed by atoms with Gasteiger partial charge in [-0.2, -0.15) is 0 Å². The number of para-hydroxylation sites is 1. The number of furan rings is 1. The molecule has 3 aromatic rings. The summed E-state index contributed by atoms with van der Waals surface area (Å²) in [6.07, 6.45) is 2.81. The number of carbonyl (C=O) groups is 2. The van der Waals surface area contributed by atoms with E-state index in [0.29, 0.717) is 32.8 Å². The summed E-state index contributed by atoms with van der Waals surface area (Å²) in [5, 5.41) is 3.47. The van der Waals surface area contributed by atoms with Crippen LogP contribution in [0.25, 0.3) is 17.4 Å². The predicted molar refractivity (Wildman–Crippen MR) is 110 cm³/mol. The number of benzene rings is 2. The Morgan fingerprint density at radius 2 is 1.82 bits per heavy atom. The number of hydrogen-bond acceptors (Lipinski definition) is 4. The largest absolute Gasteiger partial charge is 0.465 e. The fourth-order valence-electron chi connectivity index (χ4n) is 2.49. The third-order valence-corrected chi connectivity index (χ3v) is 4.65. The van der Waals surface area contributed by atoms with Gasteiger partial charge in [-0.1, -0.05) is 41.4 Å². The van der Waals surface area contributed by atoms with Gasteiger partial charge in [0.2, 0.25) is 5.91 Å². The summed E-state index contributed by atoms with van der Waals surface area (Å²) in [4.78, 5) is 24.0. The van der Waals surface area contributed by atoms with E-state index in [1.165, 1.54) is 19.3 Å². The van der Waals surface area contributed by atoms with Crippen molar-refractivity contribution < 1.29 is 18.7 Å². The minimum Gasteiger partial charge on any atom is -0.465 e. The van der Waals surface area contributed by atoms with E-state index in [4.69, 9.17) is 32.4 Å². The summed E-state index contributed by atoms with van der Waals surface area (Å²) in [7, 11) is 1.28. The highest BCUT2D eigenvalue weighted by molar-refractivity contribution is 6.43. The van der Waals surface area contributed by atoms with Crippen molar-refractivity contribution >= 4 is 46.8 Å². The van der Waals surface area contributed by atoms with E-state index < -0.39 is 11.9 Å². The molecule has 0 saturated heterocycles. The monoisotopic (exact) mass is 415 g/mol. The van der Waals surface area contributed by atoms with Crippen LogP contribution in [0.2, 0.25) is 10.0 Å². The average Bonchev–Trinajstić information content (AvgIpc) is 3.17. The van der Waals surface area contributed by atoms with E-state index in [0.717, 1.165) is 0 Å². The quantitative estimate of drug-likeness (QED) is 0.429. The Morgan fingerprint density at radius 3 is 2.61 bits per heavy atom. The van der Waals surface area contributed by atoms with Crippen LogP contribution in [0.1, 0.15) is 16.1 Å². The van der Waals surface area contributed by atoms with E-state index in [9.17, 15) is 9.59 Å². The lowest BCUT2D eigenvalue weighted by molar-refractivity contribution is -0.111. The molecule has 0 atom stereocenters. The molecule has 5 nitrogen and oxygen atoms in total. The van der Waals surface area contributed by atoms with Gasteiger partial charge in [0.25, 0.3) is 0 Å². The van der Waals surface area contributed by atoms with Crippen molar-refractivity contribution in [2.75, 3.05) is 12.4 Å². The Bertz CT molecular complexity index is 1060. The highest BCUT2D eigenvalue weighted by atomic mass is 35.5. The molecule has 28 heavy (non-hydrogen) atoms. The molecular formula is C21H15Cl2NO4. The lowest BCUT2D eigenvalue weighted by Crippen LogP contribution is -2.12. The van der Waals surface area contributed by atoms with E-state index in [1.807, 2.05) is 0 Å². The first-order chi connectivity index (χ1) is 13.5. The zero-order valence-corrected chi connectivity index (χ0v) is 16.3. The number of nitrogens with one attached hydrogen (secondary N) is 1. The van der Waals surface area contributed by atoms with Crippen molar-refractivity contribution in [1.29, 1.82) is 0 Å². The third kappa shape index (κ3) is 4.44. The normalized spacial score (nSPS) is 10.8. The van der Waals surface area contributed by atoms with Crippen LogP contribution < -0.4 is 5.32 Å². The molecule has 0 spiro atoms. The molecule has 0 radical (unpaired) electrons. The lowest BCUT2D eigenvalue weighted by atomic mass is 10.2. The Balaban J connectivity index is 1.73. The van der Waals surface area contributed by atoms with Gasteiger partial charge < -0.3 is 14.5 Å². The predicted octanol–water partition coefficient (Wildman–Crippen LogP) is 5.69. The second-order valence-electron chi connectivity index (χ2n) is 5.66. The summed E-state index contributed by atoms with van der Waals surface area (Å²) in [5.74, 6) is 0.0371. The lowest BCUT2D eigenvalue weighted by Gasteiger charge is -2.07. The Labute approximate surface area is 171 Å². The number of rotatable bonds is 5. The van der Waals surface area contributed by atoms with Crippen molar-refractivity contribution in [2.45, 2.75) is 0 Å². The SMILES string of the molecule is COC(=O)c1ccccc1NC(=O)C=Cc1ccc(-c2cccc(Cl)c2Cl)o1. The van der Waals surface area contributed by atoms with Crippen molar-refractivity contribution in [3.8, 4) is 11.3 Å². The van der Waals surface area contributed by atoms with E-state index >= 15 is 0 Å². The van der Waals surface area contributed by atoms with Crippen LogP contribution in [0.5, 0.6) is 0 Å². The molecule has 0 aliphatic carbocycles. The molecule has 7 heteroatoms. The van der Waals surface area contributed by atoms with Crippen molar-refractivity contribution in [3.05, 3.63) is 82.0 Å². The smallest absolute Gasteiger partial charge is 0.339 e. The summed E-state index contributed by atoms with van der Waals surface area (Å²) in [5.41, 5.74) is 1.28. The Kier molecular flexibility index (Phi) is 6.19. The van der Waals surface area contributed by atoms with Gasteiger partial charge in [-0.05, 0) is 42.5 Å². The fourth-order valence-corrected chi connectivity index (χ4v) is 2.89. The van der Waals surface area contributed by atoms with Gasteiger partial charge in [-0.15, -0.1) is 0 Å². The minimum atomic E-state index is -0.533. The summed E-state index contributed by atoms with van der Waals surface area (Å²) in [6, 6.07) is 15.3. The zero-order valence-electron chi connectivity index (χ0n) is 14.7. The number of amides is 1. The van der Waals surface area contributed by atoms with Gasteiger partial charge in [0.05, 0.1) is 28.4 Å². The van der Waals surface area contributed by atoms with Crippen LogP contribution in [0, 0.1) is 0 Å². The van der Waals surface area contributed by atoms with Crippen LogP contribution in [0.3, 0.4) is 0 Å². The first-order valence-electron chi connectivity index (χ1n) is 8.20. The first-order valence-corrected chi connectivity index (χ1v) is 8.96. The van der Waals surface area contributed by atoms with Gasteiger partial charge in [-0.3, -0.25) is 4.79 Å². The van der Waals surface area contributed by atoms with Crippen LogP contribution in [-0.4, -0.2) is 19.0 Å². The average molecular weight is 416 g/mol. The fraction of sp³-hybridized carbons (Fsp3) is 0.0476. The molecule has 1 heterocycles. The second-order valence-corrected chi connectivity index (χ2v) is 6.45. The number of carbonyl (C=O) groups excluding carboxylic acids is 2. The molecule has 1 amide bonds. The van der Waals surface area contributed by atoms with Gasteiger partial charge in [0, 0.05) is 11.6 Å². The zero-order chi connectivity index (χ0) is 20.1. The molecule has 1 aromatic heterocycles. The van der Waals surface area contributed by atoms with Crippen LogP contribution in [0.4, 0.5) is 5.69 Å². The molecular weight excluding hydrogens is 401 g/mol. The van der Waals surface area contributed by atoms with Crippen molar-refractivity contribution in [1.82, 2.24) is 0 Å².